The van der Waals surface area contributed by atoms with Gasteiger partial charge in [0.1, 0.15) is 11.6 Å². The number of aryl methyl sites for hydroxylation is 1. The van der Waals surface area contributed by atoms with Crippen LogP contribution in [-0.2, 0) is 9.53 Å². The number of carbonyl (C=O) groups excluding carboxylic acids is 1. The molecule has 0 radical (unpaired) electrons. The van der Waals surface area contributed by atoms with E-state index in [2.05, 4.69) is 5.32 Å². The summed E-state index contributed by atoms with van der Waals surface area (Å²) in [4.78, 5) is 12.0. The summed E-state index contributed by atoms with van der Waals surface area (Å²) >= 11 is 4.90. The Morgan fingerprint density at radius 1 is 1.50 bits per heavy atom. The van der Waals surface area contributed by atoms with Gasteiger partial charge in [0.15, 0.2) is 0 Å². The van der Waals surface area contributed by atoms with E-state index in [1.807, 2.05) is 32.9 Å². The van der Waals surface area contributed by atoms with Crippen molar-refractivity contribution in [2.45, 2.75) is 26.9 Å². The van der Waals surface area contributed by atoms with E-state index in [0.29, 0.717) is 10.7 Å². The Bertz CT molecular complexity index is 458. The van der Waals surface area contributed by atoms with Gasteiger partial charge in [-0.15, -0.1) is 0 Å². The molecule has 1 amide bonds. The summed E-state index contributed by atoms with van der Waals surface area (Å²) in [6.45, 7) is 5.70. The molecule has 0 aromatic heterocycles. The minimum absolute atomic E-state index is 0.0276. The number of rotatable bonds is 5. The van der Waals surface area contributed by atoms with Crippen LogP contribution in [0.2, 0.25) is 0 Å². The molecule has 0 bridgehead atoms. The molecule has 1 aromatic rings. The van der Waals surface area contributed by atoms with Crippen LogP contribution in [0.1, 0.15) is 25.0 Å². The summed E-state index contributed by atoms with van der Waals surface area (Å²) in [6, 6.07) is 5.47. The highest BCUT2D eigenvalue weighted by Gasteiger charge is 2.07. The molecule has 1 aromatic carbocycles. The molecule has 0 aliphatic carbocycles. The Labute approximate surface area is 113 Å². The van der Waals surface area contributed by atoms with Gasteiger partial charge in [0, 0.05) is 11.3 Å². The molecule has 0 spiro atoms. The van der Waals surface area contributed by atoms with Crippen molar-refractivity contribution >= 4 is 28.8 Å². The van der Waals surface area contributed by atoms with E-state index in [-0.39, 0.29) is 18.6 Å². The molecule has 18 heavy (non-hydrogen) atoms. The van der Waals surface area contributed by atoms with Gasteiger partial charge in [-0.25, -0.2) is 0 Å². The molecule has 0 heterocycles. The van der Waals surface area contributed by atoms with Crippen molar-refractivity contribution in [2.75, 3.05) is 11.9 Å². The zero-order valence-electron chi connectivity index (χ0n) is 10.8. The van der Waals surface area contributed by atoms with Crippen molar-refractivity contribution < 1.29 is 9.53 Å². The standard InChI is InChI=1S/C13H18N2O2S/c1-8(2)17-7-12(16)15-11-6-10(13(14)18)5-4-9(11)3/h4-6,8H,7H2,1-3H3,(H2,14,18)(H,15,16). The fourth-order valence-electron chi connectivity index (χ4n) is 1.34. The number of anilines is 1. The number of carbonyl (C=O) groups is 1. The number of nitrogens with two attached hydrogens (primary N) is 1. The van der Waals surface area contributed by atoms with Crippen molar-refractivity contribution in [3.8, 4) is 0 Å². The maximum absolute atomic E-state index is 11.7. The van der Waals surface area contributed by atoms with Crippen LogP contribution in [0.3, 0.4) is 0 Å². The number of thiocarbonyl (C=S) groups is 1. The van der Waals surface area contributed by atoms with Crippen LogP contribution in [0, 0.1) is 6.92 Å². The largest absolute Gasteiger partial charge is 0.389 e. The SMILES string of the molecule is Cc1ccc(C(N)=S)cc1NC(=O)COC(C)C. The normalized spacial score (nSPS) is 10.4. The third-order valence-electron chi connectivity index (χ3n) is 2.34. The second kappa shape index (κ2) is 6.47. The summed E-state index contributed by atoms with van der Waals surface area (Å²) < 4.78 is 5.23. The van der Waals surface area contributed by atoms with Crippen molar-refractivity contribution in [1.82, 2.24) is 0 Å². The van der Waals surface area contributed by atoms with E-state index in [4.69, 9.17) is 22.7 Å². The van der Waals surface area contributed by atoms with E-state index in [1.165, 1.54) is 0 Å². The smallest absolute Gasteiger partial charge is 0.250 e. The summed E-state index contributed by atoms with van der Waals surface area (Å²) in [6.07, 6.45) is 0.0276. The highest BCUT2D eigenvalue weighted by molar-refractivity contribution is 7.80. The van der Waals surface area contributed by atoms with Gasteiger partial charge < -0.3 is 15.8 Å². The Morgan fingerprint density at radius 3 is 2.72 bits per heavy atom. The van der Waals surface area contributed by atoms with Crippen LogP contribution >= 0.6 is 12.2 Å². The molecular formula is C13H18N2O2S. The highest BCUT2D eigenvalue weighted by Crippen LogP contribution is 2.16. The molecule has 0 saturated heterocycles. The number of hydrogen-bond donors (Lipinski definition) is 2. The highest BCUT2D eigenvalue weighted by atomic mass is 32.1. The molecule has 4 nitrogen and oxygen atoms in total. The van der Waals surface area contributed by atoms with Crippen LogP contribution < -0.4 is 11.1 Å². The van der Waals surface area contributed by atoms with E-state index >= 15 is 0 Å². The Balaban J connectivity index is 2.74. The number of amides is 1. The topological polar surface area (TPSA) is 64.3 Å². The monoisotopic (exact) mass is 266 g/mol. The maximum atomic E-state index is 11.7. The van der Waals surface area contributed by atoms with Crippen molar-refractivity contribution in [1.29, 1.82) is 0 Å². The predicted octanol–water partition coefficient (Wildman–Crippen LogP) is 1.99. The number of hydrogen-bond acceptors (Lipinski definition) is 3. The Hall–Kier alpha value is -1.46. The molecule has 0 unspecified atom stereocenters. The van der Waals surface area contributed by atoms with Gasteiger partial charge in [-0.1, -0.05) is 24.4 Å². The average Bonchev–Trinajstić information content (AvgIpc) is 2.29. The minimum Gasteiger partial charge on any atom is -0.389 e. The van der Waals surface area contributed by atoms with Crippen molar-refractivity contribution in [3.05, 3.63) is 29.3 Å². The molecule has 1 rings (SSSR count). The molecule has 0 saturated carbocycles. The lowest BCUT2D eigenvalue weighted by Gasteiger charge is -2.11. The van der Waals surface area contributed by atoms with Crippen molar-refractivity contribution in [2.24, 2.45) is 5.73 Å². The maximum Gasteiger partial charge on any atom is 0.250 e. The number of nitrogens with one attached hydrogen (secondary N) is 1. The van der Waals surface area contributed by atoms with E-state index in [9.17, 15) is 4.79 Å². The van der Waals surface area contributed by atoms with Crippen LogP contribution in [0.15, 0.2) is 18.2 Å². The van der Waals surface area contributed by atoms with Crippen molar-refractivity contribution in [3.63, 3.8) is 0 Å². The molecule has 0 aliphatic heterocycles. The van der Waals surface area contributed by atoms with Gasteiger partial charge in [-0.3, -0.25) is 4.79 Å². The zero-order chi connectivity index (χ0) is 13.7. The lowest BCUT2D eigenvalue weighted by molar-refractivity contribution is -0.121. The molecule has 0 atom stereocenters. The second-order valence-electron chi connectivity index (χ2n) is 4.30. The minimum atomic E-state index is -0.188. The van der Waals surface area contributed by atoms with Gasteiger partial charge in [-0.05, 0) is 32.4 Å². The van der Waals surface area contributed by atoms with Crippen LogP contribution in [0.5, 0.6) is 0 Å². The molecule has 0 aliphatic rings. The van der Waals surface area contributed by atoms with Crippen LogP contribution in [0.4, 0.5) is 5.69 Å². The van der Waals surface area contributed by atoms with Gasteiger partial charge in [-0.2, -0.15) is 0 Å². The summed E-state index contributed by atoms with van der Waals surface area (Å²) in [5, 5.41) is 2.78. The van der Waals surface area contributed by atoms with Crippen LogP contribution in [0.25, 0.3) is 0 Å². The molecule has 98 valence electrons. The quantitative estimate of drug-likeness (QED) is 0.800. The molecule has 3 N–H and O–H groups in total. The third-order valence-corrected chi connectivity index (χ3v) is 2.58. The first-order chi connectivity index (χ1) is 8.40. The van der Waals surface area contributed by atoms with E-state index in [1.54, 1.807) is 6.07 Å². The Morgan fingerprint density at radius 2 is 2.17 bits per heavy atom. The lowest BCUT2D eigenvalue weighted by atomic mass is 10.1. The average molecular weight is 266 g/mol. The molecule has 0 fully saturated rings. The van der Waals surface area contributed by atoms with E-state index < -0.39 is 0 Å². The third kappa shape index (κ3) is 4.43. The molecule has 5 heteroatoms. The number of ether oxygens (including phenoxy) is 1. The molecular weight excluding hydrogens is 248 g/mol. The second-order valence-corrected chi connectivity index (χ2v) is 4.74. The Kier molecular flexibility index (Phi) is 5.25. The first-order valence-corrected chi connectivity index (χ1v) is 6.13. The van der Waals surface area contributed by atoms with Gasteiger partial charge in [0.05, 0.1) is 6.10 Å². The predicted molar refractivity (Wildman–Crippen MR) is 76.8 cm³/mol. The fourth-order valence-corrected chi connectivity index (χ4v) is 1.47. The van der Waals surface area contributed by atoms with Gasteiger partial charge >= 0.3 is 0 Å². The first-order valence-electron chi connectivity index (χ1n) is 5.72. The zero-order valence-corrected chi connectivity index (χ0v) is 11.6. The summed E-state index contributed by atoms with van der Waals surface area (Å²) in [5.41, 5.74) is 7.95. The van der Waals surface area contributed by atoms with E-state index in [0.717, 1.165) is 11.1 Å². The fraction of sp³-hybridized carbons (Fsp3) is 0.385. The number of benzene rings is 1. The van der Waals surface area contributed by atoms with Gasteiger partial charge in [0.2, 0.25) is 5.91 Å². The summed E-state index contributed by atoms with van der Waals surface area (Å²) in [7, 11) is 0. The lowest BCUT2D eigenvalue weighted by Crippen LogP contribution is -2.21. The van der Waals surface area contributed by atoms with Gasteiger partial charge in [0.25, 0.3) is 0 Å². The van der Waals surface area contributed by atoms with Crippen LogP contribution in [-0.4, -0.2) is 23.6 Å². The first kappa shape index (κ1) is 14.6. The summed E-state index contributed by atoms with van der Waals surface area (Å²) in [5.74, 6) is -0.188.